The Labute approximate surface area is 159 Å². The monoisotopic (exact) mass is 367 g/mol. The molecular weight excluding hydrogens is 342 g/mol. The standard InChI is InChI=1S/C21H25N3O3/c1-26-19-10-15-5-8-23(12-17(15)11-20(19)27-2)14-21(25)24-9-6-18-16(13-24)4-3-7-22-18/h3-4,7,10-11H,5-6,8-9,12-14H2,1-2H3. The second-order valence-corrected chi connectivity index (χ2v) is 7.11. The van der Waals surface area contributed by atoms with E-state index in [0.29, 0.717) is 13.1 Å². The first-order valence-corrected chi connectivity index (χ1v) is 9.34. The second-order valence-electron chi connectivity index (χ2n) is 7.11. The molecule has 6 heteroatoms. The zero-order valence-corrected chi connectivity index (χ0v) is 15.9. The number of fused-ring (bicyclic) bond motifs is 2. The van der Waals surface area contributed by atoms with E-state index in [1.54, 1.807) is 14.2 Å². The Morgan fingerprint density at radius 1 is 1.04 bits per heavy atom. The van der Waals surface area contributed by atoms with Crippen LogP contribution in [0.4, 0.5) is 0 Å². The van der Waals surface area contributed by atoms with E-state index >= 15 is 0 Å². The topological polar surface area (TPSA) is 54.9 Å². The molecule has 0 saturated heterocycles. The Balaban J connectivity index is 1.42. The van der Waals surface area contributed by atoms with Gasteiger partial charge in [0.15, 0.2) is 11.5 Å². The van der Waals surface area contributed by atoms with E-state index in [1.165, 1.54) is 11.1 Å². The molecule has 1 aromatic heterocycles. The normalized spacial score (nSPS) is 16.4. The van der Waals surface area contributed by atoms with E-state index in [9.17, 15) is 4.79 Å². The fraction of sp³-hybridized carbons (Fsp3) is 0.429. The largest absolute Gasteiger partial charge is 0.493 e. The van der Waals surface area contributed by atoms with Crippen LogP contribution in [0.3, 0.4) is 0 Å². The molecule has 1 aromatic carbocycles. The lowest BCUT2D eigenvalue weighted by Gasteiger charge is -2.33. The number of ether oxygens (including phenoxy) is 2. The molecule has 2 aromatic rings. The Kier molecular flexibility index (Phi) is 4.99. The molecule has 6 nitrogen and oxygen atoms in total. The van der Waals surface area contributed by atoms with Gasteiger partial charge < -0.3 is 14.4 Å². The summed E-state index contributed by atoms with van der Waals surface area (Å²) >= 11 is 0. The lowest BCUT2D eigenvalue weighted by atomic mass is 9.98. The third-order valence-electron chi connectivity index (χ3n) is 5.47. The SMILES string of the molecule is COc1cc2c(cc1OC)CN(CC(=O)N1CCc3ncccc3C1)CC2. The lowest BCUT2D eigenvalue weighted by Crippen LogP contribution is -2.44. The lowest BCUT2D eigenvalue weighted by molar-refractivity contribution is -0.133. The quantitative estimate of drug-likeness (QED) is 0.828. The number of benzene rings is 1. The molecule has 1 amide bonds. The fourth-order valence-corrected chi connectivity index (χ4v) is 3.95. The molecule has 0 unspecified atom stereocenters. The van der Waals surface area contributed by atoms with Gasteiger partial charge in [-0.1, -0.05) is 6.07 Å². The van der Waals surface area contributed by atoms with Crippen LogP contribution in [0.5, 0.6) is 11.5 Å². The number of pyridine rings is 1. The maximum absolute atomic E-state index is 12.8. The summed E-state index contributed by atoms with van der Waals surface area (Å²) in [6, 6.07) is 8.10. The minimum absolute atomic E-state index is 0.188. The molecule has 2 aliphatic rings. The van der Waals surface area contributed by atoms with Crippen molar-refractivity contribution in [2.45, 2.75) is 25.9 Å². The van der Waals surface area contributed by atoms with E-state index in [1.807, 2.05) is 23.2 Å². The number of carbonyl (C=O) groups is 1. The van der Waals surface area contributed by atoms with Gasteiger partial charge in [-0.15, -0.1) is 0 Å². The van der Waals surface area contributed by atoms with Crippen molar-refractivity contribution in [1.29, 1.82) is 0 Å². The third kappa shape index (κ3) is 3.62. The number of rotatable bonds is 4. The molecule has 4 rings (SSSR count). The van der Waals surface area contributed by atoms with Crippen LogP contribution >= 0.6 is 0 Å². The van der Waals surface area contributed by atoms with Gasteiger partial charge in [0.2, 0.25) is 5.91 Å². The summed E-state index contributed by atoms with van der Waals surface area (Å²) in [7, 11) is 3.31. The van der Waals surface area contributed by atoms with Crippen molar-refractivity contribution >= 4 is 5.91 Å². The van der Waals surface area contributed by atoms with Crippen LogP contribution in [0.1, 0.15) is 22.4 Å². The number of nitrogens with zero attached hydrogens (tertiary/aromatic N) is 3. The minimum atomic E-state index is 0.188. The Morgan fingerprint density at radius 2 is 1.81 bits per heavy atom. The first-order valence-electron chi connectivity index (χ1n) is 9.34. The van der Waals surface area contributed by atoms with Gasteiger partial charge in [0.1, 0.15) is 0 Å². The highest BCUT2D eigenvalue weighted by Crippen LogP contribution is 2.33. The molecule has 0 atom stereocenters. The van der Waals surface area contributed by atoms with Crippen LogP contribution in [-0.2, 0) is 30.7 Å². The van der Waals surface area contributed by atoms with Crippen molar-refractivity contribution in [3.63, 3.8) is 0 Å². The highest BCUT2D eigenvalue weighted by molar-refractivity contribution is 5.78. The summed E-state index contributed by atoms with van der Waals surface area (Å²) in [6.45, 7) is 3.49. The van der Waals surface area contributed by atoms with E-state index in [0.717, 1.165) is 55.2 Å². The number of carbonyl (C=O) groups excluding carboxylic acids is 1. The Hall–Kier alpha value is -2.60. The molecule has 3 heterocycles. The maximum atomic E-state index is 12.8. The maximum Gasteiger partial charge on any atom is 0.237 e. The summed E-state index contributed by atoms with van der Waals surface area (Å²) in [4.78, 5) is 21.4. The number of hydrogen-bond donors (Lipinski definition) is 0. The molecule has 142 valence electrons. The van der Waals surface area contributed by atoms with Crippen LogP contribution < -0.4 is 9.47 Å². The summed E-state index contributed by atoms with van der Waals surface area (Å²) < 4.78 is 10.8. The predicted octanol–water partition coefficient (Wildman–Crippen LogP) is 2.04. The van der Waals surface area contributed by atoms with Crippen LogP contribution in [0.2, 0.25) is 0 Å². The molecule has 27 heavy (non-hydrogen) atoms. The molecule has 0 radical (unpaired) electrons. The number of hydrogen-bond acceptors (Lipinski definition) is 5. The smallest absolute Gasteiger partial charge is 0.237 e. The Bertz CT molecular complexity index is 853. The van der Waals surface area contributed by atoms with Crippen LogP contribution in [0.15, 0.2) is 30.5 Å². The summed E-state index contributed by atoms with van der Waals surface area (Å²) in [5, 5.41) is 0. The van der Waals surface area contributed by atoms with Gasteiger partial charge in [-0.05, 0) is 41.3 Å². The van der Waals surface area contributed by atoms with Crippen LogP contribution in [0.25, 0.3) is 0 Å². The third-order valence-corrected chi connectivity index (χ3v) is 5.47. The van der Waals surface area contributed by atoms with Crippen molar-refractivity contribution in [2.75, 3.05) is 33.9 Å². The zero-order chi connectivity index (χ0) is 18.8. The Morgan fingerprint density at radius 3 is 2.59 bits per heavy atom. The van der Waals surface area contributed by atoms with E-state index in [4.69, 9.17) is 9.47 Å². The zero-order valence-electron chi connectivity index (χ0n) is 15.9. The van der Waals surface area contributed by atoms with E-state index in [-0.39, 0.29) is 5.91 Å². The van der Waals surface area contributed by atoms with Gasteiger partial charge in [-0.3, -0.25) is 14.7 Å². The van der Waals surface area contributed by atoms with Gasteiger partial charge in [-0.2, -0.15) is 0 Å². The summed E-state index contributed by atoms with van der Waals surface area (Å²) in [6.07, 6.45) is 3.57. The highest BCUT2D eigenvalue weighted by atomic mass is 16.5. The average molecular weight is 367 g/mol. The highest BCUT2D eigenvalue weighted by Gasteiger charge is 2.25. The van der Waals surface area contributed by atoms with Crippen molar-refractivity contribution in [1.82, 2.24) is 14.8 Å². The number of methoxy groups -OCH3 is 2. The molecule has 0 saturated carbocycles. The van der Waals surface area contributed by atoms with Crippen molar-refractivity contribution in [2.24, 2.45) is 0 Å². The average Bonchev–Trinajstić information content (AvgIpc) is 2.72. The van der Waals surface area contributed by atoms with Gasteiger partial charge >= 0.3 is 0 Å². The van der Waals surface area contributed by atoms with Crippen molar-refractivity contribution < 1.29 is 14.3 Å². The molecule has 0 spiro atoms. The van der Waals surface area contributed by atoms with Crippen molar-refractivity contribution in [3.8, 4) is 11.5 Å². The van der Waals surface area contributed by atoms with Crippen LogP contribution in [-0.4, -0.2) is 54.5 Å². The molecule has 0 N–H and O–H groups in total. The molecule has 0 aliphatic carbocycles. The predicted molar refractivity (Wildman–Crippen MR) is 102 cm³/mol. The summed E-state index contributed by atoms with van der Waals surface area (Å²) in [5.74, 6) is 1.69. The van der Waals surface area contributed by atoms with Gasteiger partial charge in [-0.25, -0.2) is 0 Å². The van der Waals surface area contributed by atoms with E-state index < -0.39 is 0 Å². The van der Waals surface area contributed by atoms with Gasteiger partial charge in [0.25, 0.3) is 0 Å². The van der Waals surface area contributed by atoms with Gasteiger partial charge in [0, 0.05) is 44.5 Å². The van der Waals surface area contributed by atoms with Gasteiger partial charge in [0.05, 0.1) is 20.8 Å². The molecule has 0 fully saturated rings. The first kappa shape index (κ1) is 17.8. The van der Waals surface area contributed by atoms with Crippen LogP contribution in [0, 0.1) is 0 Å². The van der Waals surface area contributed by atoms with Crippen molar-refractivity contribution in [3.05, 3.63) is 52.8 Å². The second kappa shape index (κ2) is 7.56. The molecular formula is C21H25N3O3. The first-order chi connectivity index (χ1) is 13.2. The number of aromatic nitrogens is 1. The number of amides is 1. The summed E-state index contributed by atoms with van der Waals surface area (Å²) in [5.41, 5.74) is 4.77. The molecule has 0 bridgehead atoms. The molecule has 2 aliphatic heterocycles. The van der Waals surface area contributed by atoms with E-state index in [2.05, 4.69) is 22.0 Å². The fourth-order valence-electron chi connectivity index (χ4n) is 3.95. The minimum Gasteiger partial charge on any atom is -0.493 e.